The van der Waals surface area contributed by atoms with Crippen molar-refractivity contribution >= 4 is 22.6 Å². The van der Waals surface area contributed by atoms with E-state index in [-0.39, 0.29) is 11.6 Å². The second kappa shape index (κ2) is 6.97. The third-order valence-corrected chi connectivity index (χ3v) is 4.73. The quantitative estimate of drug-likeness (QED) is 0.773. The molecule has 1 aromatic rings. The molecule has 1 atom stereocenters. The number of H-pyrrole nitrogens is 1. The molecule has 1 aliphatic heterocycles. The highest BCUT2D eigenvalue weighted by atomic mass is 127. The van der Waals surface area contributed by atoms with Gasteiger partial charge in [0.1, 0.15) is 9.39 Å². The van der Waals surface area contributed by atoms with Crippen molar-refractivity contribution in [2.45, 2.75) is 19.1 Å². The molecule has 0 radical (unpaired) electrons. The van der Waals surface area contributed by atoms with E-state index in [1.54, 1.807) is 7.11 Å². The summed E-state index contributed by atoms with van der Waals surface area (Å²) in [6.45, 7) is 3.30. The largest absolute Gasteiger partial charge is 0.378 e. The second-order valence-corrected chi connectivity index (χ2v) is 6.34. The van der Waals surface area contributed by atoms with Gasteiger partial charge in [0.25, 0.3) is 5.56 Å². The highest BCUT2D eigenvalue weighted by Crippen LogP contribution is 2.20. The average molecular weight is 392 g/mol. The maximum absolute atomic E-state index is 12.1. The van der Waals surface area contributed by atoms with Gasteiger partial charge in [-0.15, -0.1) is 0 Å². The first kappa shape index (κ1) is 15.9. The van der Waals surface area contributed by atoms with Crippen LogP contribution in [0, 0.1) is 3.57 Å². The van der Waals surface area contributed by atoms with E-state index in [0.717, 1.165) is 31.9 Å². The normalized spacial score (nSPS) is 21.9. The number of hydrogen-bond donors (Lipinski definition) is 1. The lowest BCUT2D eigenvalue weighted by atomic mass is 10.2. The second-order valence-electron chi connectivity index (χ2n) is 5.26. The van der Waals surface area contributed by atoms with Gasteiger partial charge < -0.3 is 14.6 Å². The molecule has 1 aliphatic rings. The van der Waals surface area contributed by atoms with Crippen LogP contribution in [0.1, 0.15) is 24.0 Å². The Hall–Kier alpha value is -0.510. The van der Waals surface area contributed by atoms with Gasteiger partial charge in [-0.05, 0) is 56.2 Å². The average Bonchev–Trinajstić information content (AvgIpc) is 2.57. The smallest absolute Gasteiger partial charge is 0.264 e. The van der Waals surface area contributed by atoms with E-state index in [1.165, 1.54) is 0 Å². The Kier molecular flexibility index (Phi) is 5.53. The van der Waals surface area contributed by atoms with Crippen LogP contribution in [0.2, 0.25) is 0 Å². The first-order chi connectivity index (χ1) is 9.52. The van der Waals surface area contributed by atoms with Crippen LogP contribution in [-0.2, 0) is 11.3 Å². The summed E-state index contributed by atoms with van der Waals surface area (Å²) in [4.78, 5) is 24.1. The van der Waals surface area contributed by atoms with Crippen molar-refractivity contribution in [3.63, 3.8) is 0 Å². The van der Waals surface area contributed by atoms with Gasteiger partial charge in [-0.2, -0.15) is 0 Å². The minimum absolute atomic E-state index is 0.0806. The highest BCUT2D eigenvalue weighted by Gasteiger charge is 2.25. The molecule has 0 spiro atoms. The molecule has 0 saturated carbocycles. The molecule has 0 aromatic carbocycles. The molecule has 112 valence electrons. The van der Waals surface area contributed by atoms with Gasteiger partial charge in [0.05, 0.1) is 18.3 Å². The SMILES string of the molecule is COCc1nc(C2CN(C)CCCN2C)[nH]c(=O)c1I. The number of methoxy groups -OCH3 is 1. The van der Waals surface area contributed by atoms with E-state index < -0.39 is 0 Å². The van der Waals surface area contributed by atoms with Crippen LogP contribution in [0.4, 0.5) is 0 Å². The molecule has 20 heavy (non-hydrogen) atoms. The number of aromatic amines is 1. The van der Waals surface area contributed by atoms with Crippen molar-refractivity contribution < 1.29 is 4.74 Å². The van der Waals surface area contributed by atoms with Gasteiger partial charge in [0.2, 0.25) is 0 Å². The van der Waals surface area contributed by atoms with Gasteiger partial charge in [-0.1, -0.05) is 0 Å². The van der Waals surface area contributed by atoms with Crippen LogP contribution in [0.3, 0.4) is 0 Å². The summed E-state index contributed by atoms with van der Waals surface area (Å²) < 4.78 is 5.74. The number of nitrogens with one attached hydrogen (secondary N) is 1. The molecule has 0 amide bonds. The van der Waals surface area contributed by atoms with Crippen molar-refractivity contribution in [1.29, 1.82) is 0 Å². The van der Waals surface area contributed by atoms with Crippen LogP contribution < -0.4 is 5.56 Å². The van der Waals surface area contributed by atoms with E-state index in [2.05, 4.69) is 33.9 Å². The maximum Gasteiger partial charge on any atom is 0.264 e. The highest BCUT2D eigenvalue weighted by molar-refractivity contribution is 14.1. The molecule has 2 heterocycles. The zero-order chi connectivity index (χ0) is 14.7. The molecule has 0 bridgehead atoms. The van der Waals surface area contributed by atoms with Crippen molar-refractivity contribution in [2.24, 2.45) is 0 Å². The maximum atomic E-state index is 12.1. The topological polar surface area (TPSA) is 61.5 Å². The van der Waals surface area contributed by atoms with Crippen LogP contribution >= 0.6 is 22.6 Å². The lowest BCUT2D eigenvalue weighted by Crippen LogP contribution is -2.34. The molecule has 1 fully saturated rings. The summed E-state index contributed by atoms with van der Waals surface area (Å²) in [5.74, 6) is 0.735. The minimum atomic E-state index is -0.0806. The molecule has 6 nitrogen and oxygen atoms in total. The van der Waals surface area contributed by atoms with Crippen LogP contribution in [0.15, 0.2) is 4.79 Å². The summed E-state index contributed by atoms with van der Waals surface area (Å²) in [5.41, 5.74) is 0.634. The standard InChI is InChI=1S/C13H21IN4O2/c1-17-5-4-6-18(2)10(7-17)12-15-9(8-20-3)11(14)13(19)16-12/h10H,4-8H2,1-3H3,(H,15,16,19). The molecule has 1 N–H and O–H groups in total. The Balaban J connectivity index is 2.37. The fourth-order valence-electron chi connectivity index (χ4n) is 2.48. The third kappa shape index (κ3) is 3.57. The van der Waals surface area contributed by atoms with Gasteiger partial charge in [-0.25, -0.2) is 4.98 Å². The summed E-state index contributed by atoms with van der Waals surface area (Å²) in [5, 5.41) is 0. The lowest BCUT2D eigenvalue weighted by molar-refractivity contribution is 0.178. The predicted octanol–water partition coefficient (Wildman–Crippen LogP) is 0.829. The minimum Gasteiger partial charge on any atom is -0.378 e. The molecule has 2 rings (SSSR count). The fourth-order valence-corrected chi connectivity index (χ4v) is 2.89. The monoisotopic (exact) mass is 392 g/mol. The number of rotatable bonds is 3. The number of hydrogen-bond acceptors (Lipinski definition) is 5. The number of ether oxygens (including phenoxy) is 1. The molecule has 0 aliphatic carbocycles. The Labute approximate surface area is 132 Å². The number of likely N-dealkylation sites (N-methyl/N-ethyl adjacent to an activating group) is 2. The summed E-state index contributed by atoms with van der Waals surface area (Å²) in [6, 6.07) is 0.114. The molecule has 7 heteroatoms. The zero-order valence-electron chi connectivity index (χ0n) is 12.1. The van der Waals surface area contributed by atoms with Gasteiger partial charge in [-0.3, -0.25) is 9.69 Å². The van der Waals surface area contributed by atoms with Crippen molar-refractivity contribution in [2.75, 3.05) is 40.8 Å². The van der Waals surface area contributed by atoms with E-state index >= 15 is 0 Å². The number of nitrogens with zero attached hydrogens (tertiary/aromatic N) is 3. The van der Waals surface area contributed by atoms with Gasteiger partial charge in [0, 0.05) is 13.7 Å². The van der Waals surface area contributed by atoms with Crippen molar-refractivity contribution in [3.05, 3.63) is 25.4 Å². The fraction of sp³-hybridized carbons (Fsp3) is 0.692. The predicted molar refractivity (Wildman–Crippen MR) is 85.8 cm³/mol. The summed E-state index contributed by atoms with van der Waals surface area (Å²) in [7, 11) is 5.80. The Bertz CT molecular complexity index is 520. The number of aromatic nitrogens is 2. The van der Waals surface area contributed by atoms with Crippen molar-refractivity contribution in [1.82, 2.24) is 19.8 Å². The first-order valence-corrected chi connectivity index (χ1v) is 7.77. The summed E-state index contributed by atoms with van der Waals surface area (Å²) in [6.07, 6.45) is 1.13. The van der Waals surface area contributed by atoms with Crippen LogP contribution in [0.5, 0.6) is 0 Å². The Morgan fingerprint density at radius 3 is 2.90 bits per heavy atom. The van der Waals surface area contributed by atoms with Gasteiger partial charge in [0.15, 0.2) is 0 Å². The molecule has 1 saturated heterocycles. The van der Waals surface area contributed by atoms with Crippen molar-refractivity contribution in [3.8, 4) is 0 Å². The third-order valence-electron chi connectivity index (χ3n) is 3.61. The Morgan fingerprint density at radius 1 is 1.45 bits per heavy atom. The van der Waals surface area contributed by atoms with Gasteiger partial charge >= 0.3 is 0 Å². The lowest BCUT2D eigenvalue weighted by Gasteiger charge is -2.26. The number of halogens is 1. The van der Waals surface area contributed by atoms with Crippen LogP contribution in [-0.4, -0.2) is 60.6 Å². The van der Waals surface area contributed by atoms with E-state index in [1.807, 2.05) is 22.6 Å². The summed E-state index contributed by atoms with van der Waals surface area (Å²) >= 11 is 2.02. The van der Waals surface area contributed by atoms with E-state index in [4.69, 9.17) is 4.74 Å². The van der Waals surface area contributed by atoms with E-state index in [9.17, 15) is 4.79 Å². The first-order valence-electron chi connectivity index (χ1n) is 6.69. The van der Waals surface area contributed by atoms with E-state index in [0.29, 0.717) is 15.9 Å². The molecular formula is C13H21IN4O2. The Morgan fingerprint density at radius 2 is 2.20 bits per heavy atom. The molecule has 1 aromatic heterocycles. The molecule has 1 unspecified atom stereocenters. The zero-order valence-corrected chi connectivity index (χ0v) is 14.3. The molecular weight excluding hydrogens is 371 g/mol. The van der Waals surface area contributed by atoms with Crippen LogP contribution in [0.25, 0.3) is 0 Å².